The molecule has 1 aliphatic heterocycles. The zero-order chi connectivity index (χ0) is 14.7. The molecule has 0 radical (unpaired) electrons. The number of ether oxygens (including phenoxy) is 1. The second-order valence-corrected chi connectivity index (χ2v) is 5.02. The molecule has 1 aromatic heterocycles. The Kier molecular flexibility index (Phi) is 4.01. The van der Waals surface area contributed by atoms with Crippen molar-refractivity contribution in [3.05, 3.63) is 48.0 Å². The van der Waals surface area contributed by atoms with E-state index in [1.807, 2.05) is 0 Å². The Morgan fingerprint density at radius 3 is 2.76 bits per heavy atom. The monoisotopic (exact) mass is 289 g/mol. The van der Waals surface area contributed by atoms with Gasteiger partial charge in [0.15, 0.2) is 5.76 Å². The largest absolute Gasteiger partial charge is 0.451 e. The van der Waals surface area contributed by atoms with E-state index in [-0.39, 0.29) is 23.6 Å². The van der Waals surface area contributed by atoms with Gasteiger partial charge in [-0.05, 0) is 49.2 Å². The number of rotatable bonds is 4. The van der Waals surface area contributed by atoms with Gasteiger partial charge in [-0.3, -0.25) is 4.79 Å². The second kappa shape index (κ2) is 6.10. The van der Waals surface area contributed by atoms with Gasteiger partial charge in [-0.15, -0.1) is 0 Å². The molecule has 1 aliphatic rings. The van der Waals surface area contributed by atoms with Gasteiger partial charge in [0.2, 0.25) is 0 Å². The predicted molar refractivity (Wildman–Crippen MR) is 75.4 cm³/mol. The van der Waals surface area contributed by atoms with Crippen molar-refractivity contribution in [2.45, 2.75) is 18.9 Å². The summed E-state index contributed by atoms with van der Waals surface area (Å²) in [5, 5.41) is 2.80. The van der Waals surface area contributed by atoms with Crippen molar-refractivity contribution < 1.29 is 18.3 Å². The number of nitrogens with one attached hydrogen (secondary N) is 1. The third kappa shape index (κ3) is 3.31. The lowest BCUT2D eigenvalue weighted by atomic mass is 10.2. The molecule has 2 heterocycles. The molecule has 2 aromatic rings. The first kappa shape index (κ1) is 13.8. The van der Waals surface area contributed by atoms with Crippen molar-refractivity contribution in [3.63, 3.8) is 0 Å². The van der Waals surface area contributed by atoms with Crippen LogP contribution in [0.1, 0.15) is 23.4 Å². The maximum atomic E-state index is 12.9. The molecule has 0 spiro atoms. The highest BCUT2D eigenvalue weighted by Gasteiger charge is 2.18. The summed E-state index contributed by atoms with van der Waals surface area (Å²) in [6.07, 6.45) is 2.11. The quantitative estimate of drug-likeness (QED) is 0.941. The normalized spacial score (nSPS) is 17.9. The first-order valence-electron chi connectivity index (χ1n) is 6.98. The Balaban J connectivity index is 1.63. The topological polar surface area (TPSA) is 51.5 Å². The van der Waals surface area contributed by atoms with Crippen molar-refractivity contribution in [2.75, 3.05) is 13.2 Å². The van der Waals surface area contributed by atoms with Crippen molar-refractivity contribution in [3.8, 4) is 11.3 Å². The Hall–Kier alpha value is -2.14. The molecule has 1 unspecified atom stereocenters. The van der Waals surface area contributed by atoms with Crippen LogP contribution in [0.25, 0.3) is 11.3 Å². The van der Waals surface area contributed by atoms with Crippen LogP contribution in [0, 0.1) is 5.82 Å². The van der Waals surface area contributed by atoms with Gasteiger partial charge in [-0.25, -0.2) is 4.39 Å². The summed E-state index contributed by atoms with van der Waals surface area (Å²) in [5.74, 6) is 0.211. The zero-order valence-electron chi connectivity index (χ0n) is 11.5. The molecule has 1 atom stereocenters. The van der Waals surface area contributed by atoms with E-state index >= 15 is 0 Å². The van der Waals surface area contributed by atoms with Gasteiger partial charge in [-0.2, -0.15) is 0 Å². The summed E-state index contributed by atoms with van der Waals surface area (Å²) in [6.45, 7) is 1.25. The summed E-state index contributed by atoms with van der Waals surface area (Å²) < 4.78 is 23.8. The maximum absolute atomic E-state index is 12.9. The van der Waals surface area contributed by atoms with Crippen LogP contribution in [0.5, 0.6) is 0 Å². The van der Waals surface area contributed by atoms with E-state index in [2.05, 4.69) is 5.32 Å². The Bertz CT molecular complexity index is 615. The van der Waals surface area contributed by atoms with E-state index in [0.29, 0.717) is 12.3 Å². The molecule has 3 rings (SSSR count). The van der Waals surface area contributed by atoms with Gasteiger partial charge in [0, 0.05) is 18.7 Å². The third-order valence-corrected chi connectivity index (χ3v) is 3.47. The lowest BCUT2D eigenvalue weighted by molar-refractivity contribution is 0.0836. The molecule has 5 heteroatoms. The predicted octanol–water partition coefficient (Wildman–Crippen LogP) is 2.99. The van der Waals surface area contributed by atoms with E-state index < -0.39 is 0 Å². The van der Waals surface area contributed by atoms with Gasteiger partial charge >= 0.3 is 0 Å². The van der Waals surface area contributed by atoms with E-state index in [4.69, 9.17) is 9.15 Å². The summed E-state index contributed by atoms with van der Waals surface area (Å²) in [5.41, 5.74) is 0.731. The summed E-state index contributed by atoms with van der Waals surface area (Å²) in [7, 11) is 0. The molecular formula is C16H16FNO3. The maximum Gasteiger partial charge on any atom is 0.287 e. The molecular weight excluding hydrogens is 273 g/mol. The lowest BCUT2D eigenvalue weighted by Gasteiger charge is -2.09. The number of benzene rings is 1. The molecule has 0 saturated carbocycles. The smallest absolute Gasteiger partial charge is 0.287 e. The van der Waals surface area contributed by atoms with Crippen molar-refractivity contribution in [2.24, 2.45) is 0 Å². The average Bonchev–Trinajstić information content (AvgIpc) is 3.17. The molecule has 110 valence electrons. The zero-order valence-corrected chi connectivity index (χ0v) is 11.5. The van der Waals surface area contributed by atoms with Crippen LogP contribution in [0.15, 0.2) is 40.8 Å². The SMILES string of the molecule is O=C(NCC1CCCO1)c1ccc(-c2ccc(F)cc2)o1. The number of carbonyl (C=O) groups is 1. The van der Waals surface area contributed by atoms with Gasteiger partial charge < -0.3 is 14.5 Å². The van der Waals surface area contributed by atoms with Crippen molar-refractivity contribution in [1.82, 2.24) is 5.32 Å². The van der Waals surface area contributed by atoms with Crippen LogP contribution in [0.3, 0.4) is 0 Å². The van der Waals surface area contributed by atoms with Crippen LogP contribution in [-0.2, 0) is 4.74 Å². The van der Waals surface area contributed by atoms with Gasteiger partial charge in [-0.1, -0.05) is 0 Å². The molecule has 21 heavy (non-hydrogen) atoms. The van der Waals surface area contributed by atoms with Crippen molar-refractivity contribution in [1.29, 1.82) is 0 Å². The van der Waals surface area contributed by atoms with Crippen molar-refractivity contribution >= 4 is 5.91 Å². The molecule has 1 aromatic carbocycles. The minimum absolute atomic E-state index is 0.0977. The number of halogens is 1. The van der Waals surface area contributed by atoms with E-state index in [1.165, 1.54) is 12.1 Å². The minimum atomic E-state index is -0.306. The molecule has 1 fully saturated rings. The summed E-state index contributed by atoms with van der Waals surface area (Å²) in [4.78, 5) is 12.0. The summed E-state index contributed by atoms with van der Waals surface area (Å²) in [6, 6.07) is 9.26. The van der Waals surface area contributed by atoms with Crippen LogP contribution < -0.4 is 5.32 Å². The molecule has 0 bridgehead atoms. The fraction of sp³-hybridized carbons (Fsp3) is 0.312. The van der Waals surface area contributed by atoms with Crippen LogP contribution in [0.2, 0.25) is 0 Å². The molecule has 1 amide bonds. The van der Waals surface area contributed by atoms with Gasteiger partial charge in [0.25, 0.3) is 5.91 Å². The molecule has 1 N–H and O–H groups in total. The average molecular weight is 289 g/mol. The Morgan fingerprint density at radius 2 is 2.05 bits per heavy atom. The van der Waals surface area contributed by atoms with Crippen LogP contribution in [0.4, 0.5) is 4.39 Å². The third-order valence-electron chi connectivity index (χ3n) is 3.47. The molecule has 0 aliphatic carbocycles. The second-order valence-electron chi connectivity index (χ2n) is 5.02. The number of hydrogen-bond acceptors (Lipinski definition) is 3. The highest BCUT2D eigenvalue weighted by Crippen LogP contribution is 2.22. The van der Waals surface area contributed by atoms with Crippen LogP contribution >= 0.6 is 0 Å². The Labute approximate surface area is 121 Å². The summed E-state index contributed by atoms with van der Waals surface area (Å²) >= 11 is 0. The van der Waals surface area contributed by atoms with Crippen LogP contribution in [-0.4, -0.2) is 25.2 Å². The lowest BCUT2D eigenvalue weighted by Crippen LogP contribution is -2.31. The van der Waals surface area contributed by atoms with E-state index in [0.717, 1.165) is 25.0 Å². The van der Waals surface area contributed by atoms with Gasteiger partial charge in [0.05, 0.1) is 6.10 Å². The van der Waals surface area contributed by atoms with E-state index in [9.17, 15) is 9.18 Å². The number of hydrogen-bond donors (Lipinski definition) is 1. The first-order chi connectivity index (χ1) is 10.2. The molecule has 1 saturated heterocycles. The van der Waals surface area contributed by atoms with Gasteiger partial charge in [0.1, 0.15) is 11.6 Å². The fourth-order valence-corrected chi connectivity index (χ4v) is 2.33. The highest BCUT2D eigenvalue weighted by atomic mass is 19.1. The number of furan rings is 1. The first-order valence-corrected chi connectivity index (χ1v) is 6.98. The standard InChI is InChI=1S/C16H16FNO3/c17-12-5-3-11(4-6-12)14-7-8-15(21-14)16(19)18-10-13-2-1-9-20-13/h3-8,13H,1-2,9-10H2,(H,18,19). The van der Waals surface area contributed by atoms with E-state index in [1.54, 1.807) is 24.3 Å². The number of carbonyl (C=O) groups excluding carboxylic acids is 1. The minimum Gasteiger partial charge on any atom is -0.451 e. The number of amides is 1. The fourth-order valence-electron chi connectivity index (χ4n) is 2.33. The molecule has 4 nitrogen and oxygen atoms in total. The Morgan fingerprint density at radius 1 is 1.24 bits per heavy atom. The highest BCUT2D eigenvalue weighted by molar-refractivity contribution is 5.92.